The fourth-order valence-electron chi connectivity index (χ4n) is 5.09. The average Bonchev–Trinajstić information content (AvgIpc) is 2.81. The van der Waals surface area contributed by atoms with Gasteiger partial charge in [0.1, 0.15) is 5.75 Å². The second-order valence-electron chi connectivity index (χ2n) is 7.50. The van der Waals surface area contributed by atoms with Gasteiger partial charge in [-0.25, -0.2) is 8.42 Å². The standard InChI is InChI=1S/C18H22O5S.Na/c1-18-9-8-14-13-5-3-12(23-24(20,21)22)10-11(13)2-4-15(14)16(18)6-7-17(18)19;/h3-5,10,14,16-17,19H,2,6-9H2,1H3,(H,20,21,22);/q;+1/p-1/t14-,16+,17+,18+;/m0./s1. The van der Waals surface area contributed by atoms with Gasteiger partial charge in [-0.1, -0.05) is 24.6 Å². The Balaban J connectivity index is 0.00000182. The van der Waals surface area contributed by atoms with Crippen LogP contribution in [0.5, 0.6) is 5.75 Å². The van der Waals surface area contributed by atoms with E-state index in [1.807, 2.05) is 6.07 Å². The van der Waals surface area contributed by atoms with Crippen LogP contribution in [0.15, 0.2) is 29.8 Å². The monoisotopic (exact) mass is 372 g/mol. The van der Waals surface area contributed by atoms with Crippen LogP contribution in [0.1, 0.15) is 49.7 Å². The maximum absolute atomic E-state index is 10.8. The van der Waals surface area contributed by atoms with E-state index < -0.39 is 10.4 Å². The third-order valence-corrected chi connectivity index (χ3v) is 6.70. The van der Waals surface area contributed by atoms with E-state index in [1.54, 1.807) is 12.1 Å². The smallest absolute Gasteiger partial charge is 0.716 e. The molecule has 4 rings (SSSR count). The van der Waals surface area contributed by atoms with Crippen molar-refractivity contribution in [3.63, 3.8) is 0 Å². The van der Waals surface area contributed by atoms with E-state index in [0.717, 1.165) is 31.2 Å². The third kappa shape index (κ3) is 3.33. The van der Waals surface area contributed by atoms with Crippen LogP contribution in [0, 0.1) is 11.3 Å². The number of benzene rings is 1. The topological polar surface area (TPSA) is 86.7 Å². The van der Waals surface area contributed by atoms with Gasteiger partial charge in [-0.2, -0.15) is 0 Å². The number of fused-ring (bicyclic) bond motifs is 5. The Morgan fingerprint density at radius 1 is 1.28 bits per heavy atom. The van der Waals surface area contributed by atoms with Crippen molar-refractivity contribution in [2.24, 2.45) is 11.3 Å². The van der Waals surface area contributed by atoms with Crippen molar-refractivity contribution >= 4 is 10.4 Å². The summed E-state index contributed by atoms with van der Waals surface area (Å²) in [5.74, 6) is 0.838. The van der Waals surface area contributed by atoms with Crippen LogP contribution in [-0.2, 0) is 16.8 Å². The summed E-state index contributed by atoms with van der Waals surface area (Å²) in [5.41, 5.74) is 3.64. The molecular weight excluding hydrogens is 351 g/mol. The minimum Gasteiger partial charge on any atom is -0.716 e. The molecule has 0 spiro atoms. The molecule has 0 amide bonds. The second kappa shape index (κ2) is 6.66. The van der Waals surface area contributed by atoms with E-state index in [0.29, 0.717) is 18.3 Å². The molecule has 0 heterocycles. The zero-order valence-electron chi connectivity index (χ0n) is 14.6. The molecule has 130 valence electrons. The minimum atomic E-state index is -4.75. The molecule has 0 unspecified atom stereocenters. The Morgan fingerprint density at radius 2 is 2.04 bits per heavy atom. The van der Waals surface area contributed by atoms with Crippen molar-refractivity contribution in [2.75, 3.05) is 0 Å². The summed E-state index contributed by atoms with van der Waals surface area (Å²) < 4.78 is 36.8. The number of aliphatic hydroxyl groups is 1. The summed E-state index contributed by atoms with van der Waals surface area (Å²) in [5, 5.41) is 10.4. The largest absolute Gasteiger partial charge is 1.00 e. The number of aliphatic hydroxyl groups excluding tert-OH is 1. The summed E-state index contributed by atoms with van der Waals surface area (Å²) in [4.78, 5) is 0. The molecule has 4 atom stereocenters. The van der Waals surface area contributed by atoms with E-state index >= 15 is 0 Å². The molecule has 7 heteroatoms. The maximum atomic E-state index is 10.8. The zero-order valence-corrected chi connectivity index (χ0v) is 17.4. The summed E-state index contributed by atoms with van der Waals surface area (Å²) in [6.45, 7) is 2.21. The van der Waals surface area contributed by atoms with Crippen molar-refractivity contribution in [1.82, 2.24) is 0 Å². The van der Waals surface area contributed by atoms with Crippen LogP contribution >= 0.6 is 0 Å². The maximum Gasteiger partial charge on any atom is 1.00 e. The molecule has 2 fully saturated rings. The van der Waals surface area contributed by atoms with Crippen molar-refractivity contribution in [3.05, 3.63) is 41.0 Å². The minimum absolute atomic E-state index is 0. The Labute approximate surface area is 170 Å². The molecule has 0 saturated heterocycles. The predicted octanol–water partition coefficient (Wildman–Crippen LogP) is -0.333. The molecule has 3 aliphatic carbocycles. The van der Waals surface area contributed by atoms with Gasteiger partial charge < -0.3 is 13.8 Å². The third-order valence-electron chi connectivity index (χ3n) is 6.31. The number of allylic oxidation sites excluding steroid dienone is 2. The van der Waals surface area contributed by atoms with Crippen LogP contribution in [0.4, 0.5) is 0 Å². The molecule has 0 aromatic heterocycles. The van der Waals surface area contributed by atoms with E-state index in [-0.39, 0.29) is 46.8 Å². The molecule has 5 nitrogen and oxygen atoms in total. The Morgan fingerprint density at radius 3 is 2.76 bits per heavy atom. The van der Waals surface area contributed by atoms with Gasteiger partial charge >= 0.3 is 29.6 Å². The Kier molecular flexibility index (Phi) is 5.17. The normalized spacial score (nSPS) is 33.4. The van der Waals surface area contributed by atoms with Crippen LogP contribution in [0.25, 0.3) is 0 Å². The van der Waals surface area contributed by atoms with Crippen LogP contribution < -0.4 is 33.7 Å². The molecule has 0 aliphatic heterocycles. The van der Waals surface area contributed by atoms with E-state index in [2.05, 4.69) is 17.2 Å². The number of hydrogen-bond acceptors (Lipinski definition) is 5. The SMILES string of the molecule is C[C@@]12CC[C@@H]3C(=CCc4cc(OS(=O)(=O)[O-])ccc43)[C@H]1CC[C@H]2O.[Na+]. The predicted molar refractivity (Wildman–Crippen MR) is 87.4 cm³/mol. The number of rotatable bonds is 2. The van der Waals surface area contributed by atoms with Gasteiger partial charge in [0.25, 0.3) is 10.4 Å². The van der Waals surface area contributed by atoms with Crippen molar-refractivity contribution in [1.29, 1.82) is 0 Å². The molecule has 0 bridgehead atoms. The summed E-state index contributed by atoms with van der Waals surface area (Å²) >= 11 is 0. The molecule has 1 N–H and O–H groups in total. The first kappa shape index (κ1) is 19.4. The fourth-order valence-corrected chi connectivity index (χ4v) is 5.42. The van der Waals surface area contributed by atoms with Crippen LogP contribution in [0.3, 0.4) is 0 Å². The van der Waals surface area contributed by atoms with Gasteiger partial charge in [-0.3, -0.25) is 0 Å². The zero-order chi connectivity index (χ0) is 17.1. The second-order valence-corrected chi connectivity index (χ2v) is 8.49. The van der Waals surface area contributed by atoms with E-state index in [1.165, 1.54) is 11.1 Å². The molecule has 0 radical (unpaired) electrons. The first-order valence-corrected chi connectivity index (χ1v) is 9.77. The molecule has 2 saturated carbocycles. The molecular formula is C18H21NaO5S. The van der Waals surface area contributed by atoms with Gasteiger partial charge in [0.2, 0.25) is 0 Å². The Hall–Kier alpha value is -0.370. The summed E-state index contributed by atoms with van der Waals surface area (Å²) in [7, 11) is -4.75. The first-order valence-electron chi connectivity index (χ1n) is 8.44. The summed E-state index contributed by atoms with van der Waals surface area (Å²) in [6, 6.07) is 5.12. The summed E-state index contributed by atoms with van der Waals surface area (Å²) in [6.07, 6.45) is 6.61. The first-order chi connectivity index (χ1) is 11.3. The van der Waals surface area contributed by atoms with Crippen LogP contribution in [0.2, 0.25) is 0 Å². The van der Waals surface area contributed by atoms with Gasteiger partial charge in [-0.15, -0.1) is 0 Å². The average molecular weight is 372 g/mol. The van der Waals surface area contributed by atoms with E-state index in [4.69, 9.17) is 0 Å². The fraction of sp³-hybridized carbons (Fsp3) is 0.556. The molecule has 25 heavy (non-hydrogen) atoms. The van der Waals surface area contributed by atoms with Gasteiger partial charge in [0.15, 0.2) is 0 Å². The van der Waals surface area contributed by atoms with Gasteiger partial charge in [0, 0.05) is 11.3 Å². The van der Waals surface area contributed by atoms with E-state index in [9.17, 15) is 18.1 Å². The molecule has 1 aromatic rings. The van der Waals surface area contributed by atoms with Crippen molar-refractivity contribution in [3.8, 4) is 5.75 Å². The van der Waals surface area contributed by atoms with Crippen molar-refractivity contribution < 1.29 is 51.8 Å². The molecule has 3 aliphatic rings. The van der Waals surface area contributed by atoms with Crippen LogP contribution in [-0.4, -0.2) is 24.2 Å². The van der Waals surface area contributed by atoms with Gasteiger partial charge in [-0.05, 0) is 61.3 Å². The number of hydrogen-bond donors (Lipinski definition) is 1. The van der Waals surface area contributed by atoms with Crippen molar-refractivity contribution in [2.45, 2.75) is 51.0 Å². The van der Waals surface area contributed by atoms with Gasteiger partial charge in [0.05, 0.1) is 6.10 Å². The Bertz CT molecular complexity index is 819. The quantitative estimate of drug-likeness (QED) is 0.332. The molecule has 1 aromatic carbocycles.